The van der Waals surface area contributed by atoms with Gasteiger partial charge in [-0.15, -0.1) is 0 Å². The Morgan fingerprint density at radius 2 is 1.90 bits per heavy atom. The fourth-order valence-corrected chi connectivity index (χ4v) is 3.87. The first-order chi connectivity index (χ1) is 14.4. The Kier molecular flexibility index (Phi) is 5.22. The average molecular weight is 406 g/mol. The number of piperidine rings is 1. The van der Waals surface area contributed by atoms with Crippen molar-refractivity contribution in [2.75, 3.05) is 13.1 Å². The number of rotatable bonds is 4. The molecule has 30 heavy (non-hydrogen) atoms. The molecule has 2 aromatic heterocycles. The highest BCUT2D eigenvalue weighted by molar-refractivity contribution is 5.87. The molecule has 0 saturated carbocycles. The summed E-state index contributed by atoms with van der Waals surface area (Å²) in [6.07, 6.45) is 5.59. The Labute approximate surface area is 174 Å². The molecule has 0 radical (unpaired) electrons. The molecule has 1 saturated heterocycles. The van der Waals surface area contributed by atoms with Gasteiger partial charge in [0.05, 0.1) is 17.0 Å². The van der Waals surface area contributed by atoms with Gasteiger partial charge in [-0.3, -0.25) is 14.5 Å². The number of amides is 1. The SMILES string of the molecule is C=CC(=O)N1CCC(O)(c2cnc(-c3ccc(F)cc3)cc2-c2ccn(C)n2)CC1. The van der Waals surface area contributed by atoms with Gasteiger partial charge in [0.25, 0.3) is 0 Å². The molecule has 1 aliphatic heterocycles. The number of aliphatic hydroxyl groups is 1. The number of hydrogen-bond donors (Lipinski definition) is 1. The lowest BCUT2D eigenvalue weighted by atomic mass is 9.82. The molecule has 1 N–H and O–H groups in total. The van der Waals surface area contributed by atoms with E-state index in [-0.39, 0.29) is 11.7 Å². The van der Waals surface area contributed by atoms with Crippen LogP contribution in [0.25, 0.3) is 22.5 Å². The molecule has 0 aliphatic carbocycles. The van der Waals surface area contributed by atoms with E-state index < -0.39 is 5.60 Å². The Bertz CT molecular complexity index is 1080. The van der Waals surface area contributed by atoms with Gasteiger partial charge in [-0.05, 0) is 55.3 Å². The van der Waals surface area contributed by atoms with Crippen LogP contribution in [-0.2, 0) is 17.4 Å². The first-order valence-electron chi connectivity index (χ1n) is 9.80. The first kappa shape index (κ1) is 20.0. The maximum atomic E-state index is 13.3. The molecule has 0 spiro atoms. The summed E-state index contributed by atoms with van der Waals surface area (Å²) >= 11 is 0. The van der Waals surface area contributed by atoms with Gasteiger partial charge in [0.1, 0.15) is 5.82 Å². The molecule has 0 bridgehead atoms. The predicted octanol–water partition coefficient (Wildman–Crippen LogP) is 3.28. The molecule has 6 nitrogen and oxygen atoms in total. The number of aromatic nitrogens is 3. The summed E-state index contributed by atoms with van der Waals surface area (Å²) in [5.41, 5.74) is 2.49. The van der Waals surface area contributed by atoms with Crippen molar-refractivity contribution in [1.29, 1.82) is 0 Å². The van der Waals surface area contributed by atoms with Gasteiger partial charge in [-0.1, -0.05) is 6.58 Å². The third kappa shape index (κ3) is 3.76. The third-order valence-corrected chi connectivity index (χ3v) is 5.61. The van der Waals surface area contributed by atoms with Crippen molar-refractivity contribution in [1.82, 2.24) is 19.7 Å². The second kappa shape index (κ2) is 7.84. The summed E-state index contributed by atoms with van der Waals surface area (Å²) < 4.78 is 15.0. The van der Waals surface area contributed by atoms with Gasteiger partial charge in [0.15, 0.2) is 0 Å². The van der Waals surface area contributed by atoms with E-state index in [9.17, 15) is 14.3 Å². The lowest BCUT2D eigenvalue weighted by Crippen LogP contribution is -2.44. The molecule has 3 heterocycles. The van der Waals surface area contributed by atoms with E-state index >= 15 is 0 Å². The quantitative estimate of drug-likeness (QED) is 0.675. The van der Waals surface area contributed by atoms with Crippen LogP contribution in [-0.4, -0.2) is 43.8 Å². The second-order valence-electron chi connectivity index (χ2n) is 7.56. The van der Waals surface area contributed by atoms with Crippen molar-refractivity contribution in [2.24, 2.45) is 7.05 Å². The van der Waals surface area contributed by atoms with Crippen LogP contribution in [0.2, 0.25) is 0 Å². The van der Waals surface area contributed by atoms with Crippen LogP contribution in [0.3, 0.4) is 0 Å². The lowest BCUT2D eigenvalue weighted by Gasteiger charge is -2.38. The zero-order chi connectivity index (χ0) is 21.3. The topological polar surface area (TPSA) is 71.2 Å². The van der Waals surface area contributed by atoms with Crippen LogP contribution in [0.1, 0.15) is 18.4 Å². The van der Waals surface area contributed by atoms with E-state index in [2.05, 4.69) is 16.7 Å². The van der Waals surface area contributed by atoms with Crippen molar-refractivity contribution >= 4 is 5.91 Å². The maximum absolute atomic E-state index is 13.3. The molecule has 7 heteroatoms. The van der Waals surface area contributed by atoms with E-state index in [4.69, 9.17) is 0 Å². The predicted molar refractivity (Wildman–Crippen MR) is 112 cm³/mol. The minimum Gasteiger partial charge on any atom is -0.385 e. The van der Waals surface area contributed by atoms with Gasteiger partial charge in [-0.2, -0.15) is 5.10 Å². The smallest absolute Gasteiger partial charge is 0.245 e. The van der Waals surface area contributed by atoms with Gasteiger partial charge < -0.3 is 10.0 Å². The zero-order valence-corrected chi connectivity index (χ0v) is 16.8. The zero-order valence-electron chi connectivity index (χ0n) is 16.8. The summed E-state index contributed by atoms with van der Waals surface area (Å²) in [7, 11) is 1.83. The van der Waals surface area contributed by atoms with Crippen LogP contribution >= 0.6 is 0 Å². The summed E-state index contributed by atoms with van der Waals surface area (Å²) in [5.74, 6) is -0.442. The van der Waals surface area contributed by atoms with Gasteiger partial charge in [0, 0.05) is 49.2 Å². The Hall–Kier alpha value is -3.32. The van der Waals surface area contributed by atoms with Crippen LogP contribution in [0, 0.1) is 5.82 Å². The number of halogens is 1. The molecule has 4 rings (SSSR count). The average Bonchev–Trinajstić information content (AvgIpc) is 3.20. The number of carbonyl (C=O) groups excluding carboxylic acids is 1. The Morgan fingerprint density at radius 1 is 1.20 bits per heavy atom. The first-order valence-corrected chi connectivity index (χ1v) is 9.80. The summed E-state index contributed by atoms with van der Waals surface area (Å²) in [6.45, 7) is 4.40. The van der Waals surface area contributed by atoms with Crippen molar-refractivity contribution in [3.05, 3.63) is 72.8 Å². The van der Waals surface area contributed by atoms with Crippen molar-refractivity contribution in [3.63, 3.8) is 0 Å². The molecule has 1 aliphatic rings. The van der Waals surface area contributed by atoms with E-state index in [0.717, 1.165) is 16.8 Å². The highest BCUT2D eigenvalue weighted by atomic mass is 19.1. The molecular formula is C23H23FN4O2. The maximum Gasteiger partial charge on any atom is 0.245 e. The fourth-order valence-electron chi connectivity index (χ4n) is 3.87. The van der Waals surface area contributed by atoms with E-state index in [0.29, 0.717) is 37.2 Å². The summed E-state index contributed by atoms with van der Waals surface area (Å²) in [4.78, 5) is 18.1. The number of aryl methyl sites for hydroxylation is 1. The van der Waals surface area contributed by atoms with Gasteiger partial charge in [-0.25, -0.2) is 4.39 Å². The monoisotopic (exact) mass is 406 g/mol. The number of pyridine rings is 1. The number of benzene rings is 1. The third-order valence-electron chi connectivity index (χ3n) is 5.61. The number of carbonyl (C=O) groups is 1. The minimum atomic E-state index is -1.13. The second-order valence-corrected chi connectivity index (χ2v) is 7.56. The van der Waals surface area contributed by atoms with Crippen LogP contribution in [0.15, 0.2) is 61.4 Å². The number of likely N-dealkylation sites (tertiary alicyclic amines) is 1. The lowest BCUT2D eigenvalue weighted by molar-refractivity contribution is -0.130. The van der Waals surface area contributed by atoms with Crippen molar-refractivity contribution in [2.45, 2.75) is 18.4 Å². The molecule has 1 amide bonds. The number of nitrogens with zero attached hydrogens (tertiary/aromatic N) is 4. The Balaban J connectivity index is 1.75. The van der Waals surface area contributed by atoms with E-state index in [1.165, 1.54) is 18.2 Å². The summed E-state index contributed by atoms with van der Waals surface area (Å²) in [6, 6.07) is 9.90. The molecule has 0 unspecified atom stereocenters. The number of hydrogen-bond acceptors (Lipinski definition) is 4. The Morgan fingerprint density at radius 3 is 2.50 bits per heavy atom. The molecule has 0 atom stereocenters. The van der Waals surface area contributed by atoms with Gasteiger partial charge >= 0.3 is 0 Å². The standard InChI is InChI=1S/C23H23FN4O2/c1-3-22(29)28-12-9-23(30,10-13-28)19-15-25-21(16-4-6-17(24)7-5-16)14-18(19)20-8-11-27(2)26-20/h3-8,11,14-15,30H,1,9-10,12-13H2,2H3. The van der Waals surface area contributed by atoms with Crippen LogP contribution < -0.4 is 0 Å². The van der Waals surface area contributed by atoms with Gasteiger partial charge in [0.2, 0.25) is 5.91 Å². The molecule has 3 aromatic rings. The van der Waals surface area contributed by atoms with Crippen LogP contribution in [0.5, 0.6) is 0 Å². The fraction of sp³-hybridized carbons (Fsp3) is 0.261. The molecule has 1 fully saturated rings. The van der Waals surface area contributed by atoms with Crippen LogP contribution in [0.4, 0.5) is 4.39 Å². The van der Waals surface area contributed by atoms with E-state index in [1.54, 1.807) is 27.9 Å². The molecular weight excluding hydrogens is 383 g/mol. The molecule has 154 valence electrons. The highest BCUT2D eigenvalue weighted by Crippen LogP contribution is 2.39. The van der Waals surface area contributed by atoms with Crippen molar-refractivity contribution < 1.29 is 14.3 Å². The molecule has 1 aromatic carbocycles. The van der Waals surface area contributed by atoms with E-state index in [1.807, 2.05) is 25.4 Å². The largest absolute Gasteiger partial charge is 0.385 e. The van der Waals surface area contributed by atoms with Crippen molar-refractivity contribution in [3.8, 4) is 22.5 Å². The highest BCUT2D eigenvalue weighted by Gasteiger charge is 2.37. The normalized spacial score (nSPS) is 15.8. The minimum absolute atomic E-state index is 0.133. The summed E-state index contributed by atoms with van der Waals surface area (Å²) in [5, 5.41) is 16.0.